The lowest BCUT2D eigenvalue weighted by molar-refractivity contribution is 0.174. The summed E-state index contributed by atoms with van der Waals surface area (Å²) in [5.41, 5.74) is 0. The van der Waals surface area contributed by atoms with Crippen LogP contribution in [0.1, 0.15) is 37.5 Å². The summed E-state index contributed by atoms with van der Waals surface area (Å²) in [6, 6.07) is 4.41. The SMILES string of the molecule is CC(CNC(=O)NC1CCC(CO)CC1)Cc1cccs1. The smallest absolute Gasteiger partial charge is 0.315 e. The van der Waals surface area contributed by atoms with Gasteiger partial charge in [-0.2, -0.15) is 0 Å². The highest BCUT2D eigenvalue weighted by Gasteiger charge is 2.21. The summed E-state index contributed by atoms with van der Waals surface area (Å²) in [6.07, 6.45) is 4.98. The minimum Gasteiger partial charge on any atom is -0.396 e. The third-order valence-corrected chi connectivity index (χ3v) is 5.08. The molecule has 1 heterocycles. The van der Waals surface area contributed by atoms with Crippen molar-refractivity contribution >= 4 is 17.4 Å². The third kappa shape index (κ3) is 5.67. The number of aliphatic hydroxyl groups is 1. The molecular formula is C16H26N2O2S. The van der Waals surface area contributed by atoms with Crippen LogP contribution in [0.25, 0.3) is 0 Å². The Kier molecular flexibility index (Phi) is 6.51. The van der Waals surface area contributed by atoms with E-state index in [2.05, 4.69) is 35.1 Å². The molecule has 1 atom stereocenters. The van der Waals surface area contributed by atoms with Crippen molar-refractivity contribution in [3.63, 3.8) is 0 Å². The zero-order valence-electron chi connectivity index (χ0n) is 12.7. The molecule has 0 spiro atoms. The lowest BCUT2D eigenvalue weighted by atomic mass is 9.87. The Hall–Kier alpha value is -1.07. The first kappa shape index (κ1) is 16.3. The minimum absolute atomic E-state index is 0.0551. The highest BCUT2D eigenvalue weighted by molar-refractivity contribution is 7.09. The second-order valence-electron chi connectivity index (χ2n) is 6.14. The van der Waals surface area contributed by atoms with Crippen molar-refractivity contribution < 1.29 is 9.90 Å². The van der Waals surface area contributed by atoms with E-state index >= 15 is 0 Å². The van der Waals surface area contributed by atoms with Gasteiger partial charge in [0.2, 0.25) is 0 Å². The van der Waals surface area contributed by atoms with Crippen LogP contribution in [0.5, 0.6) is 0 Å². The molecule has 1 saturated carbocycles. The van der Waals surface area contributed by atoms with Gasteiger partial charge in [-0.15, -0.1) is 11.3 Å². The number of hydrogen-bond donors (Lipinski definition) is 3. The van der Waals surface area contributed by atoms with Crippen LogP contribution in [-0.2, 0) is 6.42 Å². The normalized spacial score (nSPS) is 23.5. The van der Waals surface area contributed by atoms with Gasteiger partial charge in [-0.3, -0.25) is 0 Å². The van der Waals surface area contributed by atoms with Gasteiger partial charge < -0.3 is 15.7 Å². The summed E-state index contributed by atoms with van der Waals surface area (Å²) in [5, 5.41) is 17.2. The molecule has 1 fully saturated rings. The van der Waals surface area contributed by atoms with Crippen molar-refractivity contribution in [3.8, 4) is 0 Å². The predicted octanol–water partition coefficient (Wildman–Crippen LogP) is 2.78. The first-order valence-corrected chi connectivity index (χ1v) is 8.73. The van der Waals surface area contributed by atoms with Crippen LogP contribution in [-0.4, -0.2) is 30.3 Å². The molecule has 1 aromatic rings. The topological polar surface area (TPSA) is 61.4 Å². The molecule has 21 heavy (non-hydrogen) atoms. The van der Waals surface area contributed by atoms with Gasteiger partial charge in [-0.1, -0.05) is 13.0 Å². The predicted molar refractivity (Wildman–Crippen MR) is 86.6 cm³/mol. The van der Waals surface area contributed by atoms with Crippen LogP contribution >= 0.6 is 11.3 Å². The molecule has 0 saturated heterocycles. The maximum absolute atomic E-state index is 11.9. The molecule has 1 unspecified atom stereocenters. The van der Waals surface area contributed by atoms with Crippen molar-refractivity contribution in [2.24, 2.45) is 11.8 Å². The number of aliphatic hydroxyl groups excluding tert-OH is 1. The van der Waals surface area contributed by atoms with Gasteiger partial charge in [0.15, 0.2) is 0 Å². The van der Waals surface area contributed by atoms with Gasteiger partial charge >= 0.3 is 6.03 Å². The second-order valence-corrected chi connectivity index (χ2v) is 7.18. The van der Waals surface area contributed by atoms with Gasteiger partial charge in [-0.05, 0) is 55.4 Å². The second kappa shape index (κ2) is 8.39. The Morgan fingerprint density at radius 1 is 1.43 bits per heavy atom. The van der Waals surface area contributed by atoms with Crippen LogP contribution < -0.4 is 10.6 Å². The van der Waals surface area contributed by atoms with Crippen LogP contribution in [0.15, 0.2) is 17.5 Å². The fraction of sp³-hybridized carbons (Fsp3) is 0.688. The fourth-order valence-corrected chi connectivity index (χ4v) is 3.71. The van der Waals surface area contributed by atoms with Gasteiger partial charge in [0.1, 0.15) is 0 Å². The lowest BCUT2D eigenvalue weighted by Gasteiger charge is -2.28. The number of carbonyl (C=O) groups is 1. The number of thiophene rings is 1. The summed E-state index contributed by atoms with van der Waals surface area (Å²) in [7, 11) is 0. The molecule has 5 heteroatoms. The van der Waals surface area contributed by atoms with E-state index in [1.165, 1.54) is 4.88 Å². The number of nitrogens with one attached hydrogen (secondary N) is 2. The molecule has 2 amide bonds. The zero-order chi connectivity index (χ0) is 15.1. The van der Waals surface area contributed by atoms with E-state index in [1.54, 1.807) is 11.3 Å². The molecule has 118 valence electrons. The van der Waals surface area contributed by atoms with E-state index in [4.69, 9.17) is 5.11 Å². The van der Waals surface area contributed by atoms with Crippen LogP contribution in [0.3, 0.4) is 0 Å². The lowest BCUT2D eigenvalue weighted by Crippen LogP contribution is -2.45. The third-order valence-electron chi connectivity index (χ3n) is 4.18. The average Bonchev–Trinajstić information content (AvgIpc) is 2.99. The highest BCUT2D eigenvalue weighted by atomic mass is 32.1. The Morgan fingerprint density at radius 3 is 2.81 bits per heavy atom. The van der Waals surface area contributed by atoms with Crippen LogP contribution in [0, 0.1) is 11.8 Å². The maximum Gasteiger partial charge on any atom is 0.315 e. The van der Waals surface area contributed by atoms with Crippen molar-refractivity contribution in [1.29, 1.82) is 0 Å². The van der Waals surface area contributed by atoms with Gasteiger partial charge in [0, 0.05) is 24.1 Å². The molecule has 1 aliphatic rings. The zero-order valence-corrected chi connectivity index (χ0v) is 13.5. The maximum atomic E-state index is 11.9. The Labute approximate surface area is 131 Å². The molecule has 0 bridgehead atoms. The van der Waals surface area contributed by atoms with E-state index in [1.807, 2.05) is 0 Å². The summed E-state index contributed by atoms with van der Waals surface area (Å²) in [4.78, 5) is 13.3. The standard InChI is InChI=1S/C16H26N2O2S/c1-12(9-15-3-2-8-21-15)10-17-16(20)18-14-6-4-13(11-19)5-7-14/h2-3,8,12-14,19H,4-7,9-11H2,1H3,(H2,17,18,20). The Balaban J connectivity index is 1.61. The molecule has 0 aromatic carbocycles. The van der Waals surface area contributed by atoms with Crippen LogP contribution in [0.2, 0.25) is 0 Å². The molecule has 3 N–H and O–H groups in total. The highest BCUT2D eigenvalue weighted by Crippen LogP contribution is 2.23. The summed E-state index contributed by atoms with van der Waals surface area (Å²) in [6.45, 7) is 3.14. The number of urea groups is 1. The number of rotatable bonds is 6. The minimum atomic E-state index is -0.0551. The molecular weight excluding hydrogens is 284 g/mol. The molecule has 1 aliphatic carbocycles. The van der Waals surface area contributed by atoms with Crippen molar-refractivity contribution in [2.45, 2.75) is 45.1 Å². The summed E-state index contributed by atoms with van der Waals surface area (Å²) in [5.74, 6) is 0.872. The summed E-state index contributed by atoms with van der Waals surface area (Å²) >= 11 is 1.77. The largest absolute Gasteiger partial charge is 0.396 e. The monoisotopic (exact) mass is 310 g/mol. The average molecular weight is 310 g/mol. The summed E-state index contributed by atoms with van der Waals surface area (Å²) < 4.78 is 0. The Morgan fingerprint density at radius 2 is 2.19 bits per heavy atom. The molecule has 1 aromatic heterocycles. The van der Waals surface area contributed by atoms with E-state index in [0.29, 0.717) is 18.4 Å². The Bertz CT molecular complexity index is 414. The molecule has 0 radical (unpaired) electrons. The molecule has 2 rings (SSSR count). The number of amides is 2. The quantitative estimate of drug-likeness (QED) is 0.756. The van der Waals surface area contributed by atoms with Crippen molar-refractivity contribution in [3.05, 3.63) is 22.4 Å². The fourth-order valence-electron chi connectivity index (χ4n) is 2.84. The van der Waals surface area contributed by atoms with Gasteiger partial charge in [0.25, 0.3) is 0 Å². The van der Waals surface area contributed by atoms with Gasteiger partial charge in [-0.25, -0.2) is 4.79 Å². The van der Waals surface area contributed by atoms with Crippen molar-refractivity contribution in [1.82, 2.24) is 10.6 Å². The van der Waals surface area contributed by atoms with E-state index in [0.717, 1.165) is 32.1 Å². The molecule has 4 nitrogen and oxygen atoms in total. The first-order chi connectivity index (χ1) is 10.2. The van der Waals surface area contributed by atoms with E-state index < -0.39 is 0 Å². The molecule has 0 aliphatic heterocycles. The van der Waals surface area contributed by atoms with E-state index in [9.17, 15) is 4.79 Å². The van der Waals surface area contributed by atoms with E-state index in [-0.39, 0.29) is 18.7 Å². The first-order valence-electron chi connectivity index (χ1n) is 7.85. The van der Waals surface area contributed by atoms with Gasteiger partial charge in [0.05, 0.1) is 0 Å². The van der Waals surface area contributed by atoms with Crippen LogP contribution in [0.4, 0.5) is 4.79 Å². The number of hydrogen-bond acceptors (Lipinski definition) is 3. The number of carbonyl (C=O) groups excluding carboxylic acids is 1. The van der Waals surface area contributed by atoms with Crippen molar-refractivity contribution in [2.75, 3.05) is 13.2 Å².